The Morgan fingerprint density at radius 3 is 2.96 bits per heavy atom. The minimum absolute atomic E-state index is 0.124. The van der Waals surface area contributed by atoms with Gasteiger partial charge in [-0.25, -0.2) is 4.39 Å². The molecule has 0 saturated carbocycles. The first-order chi connectivity index (χ1) is 12.0. The molecule has 2 heterocycles. The molecule has 1 N–H and O–H groups in total. The second-order valence-corrected chi connectivity index (χ2v) is 7.84. The van der Waals surface area contributed by atoms with Gasteiger partial charge in [0.05, 0.1) is 5.88 Å². The highest BCUT2D eigenvalue weighted by atomic mass is 32.2. The maximum absolute atomic E-state index is 13.8. The minimum Gasteiger partial charge on any atom is -0.477 e. The topological polar surface area (TPSA) is 58.6 Å². The number of nitrogens with one attached hydrogen (secondary N) is 1. The summed E-state index contributed by atoms with van der Waals surface area (Å²) in [6.45, 7) is 4.81. The molecule has 2 unspecified atom stereocenters. The molecule has 0 aromatic heterocycles. The summed E-state index contributed by atoms with van der Waals surface area (Å²) in [7, 11) is 0. The Morgan fingerprint density at radius 1 is 1.44 bits per heavy atom. The number of para-hydroxylation sites is 1. The van der Waals surface area contributed by atoms with Crippen LogP contribution in [0.1, 0.15) is 25.8 Å². The van der Waals surface area contributed by atoms with E-state index in [1.54, 1.807) is 28.8 Å². The van der Waals surface area contributed by atoms with Crippen LogP contribution in [0.25, 0.3) is 0 Å². The molecule has 25 heavy (non-hydrogen) atoms. The van der Waals surface area contributed by atoms with Crippen LogP contribution in [0.5, 0.6) is 5.75 Å². The Kier molecular flexibility index (Phi) is 5.51. The monoisotopic (exact) mass is 366 g/mol. The van der Waals surface area contributed by atoms with E-state index in [1.165, 1.54) is 6.07 Å². The zero-order valence-electron chi connectivity index (χ0n) is 14.5. The molecule has 0 radical (unpaired) electrons. The third-order valence-electron chi connectivity index (χ3n) is 4.48. The van der Waals surface area contributed by atoms with Gasteiger partial charge in [0.1, 0.15) is 6.04 Å². The van der Waals surface area contributed by atoms with E-state index >= 15 is 0 Å². The van der Waals surface area contributed by atoms with Crippen molar-refractivity contribution in [2.24, 2.45) is 5.92 Å². The lowest BCUT2D eigenvalue weighted by Crippen LogP contribution is -2.51. The minimum atomic E-state index is -0.753. The second kappa shape index (κ2) is 7.64. The highest BCUT2D eigenvalue weighted by Gasteiger charge is 2.41. The summed E-state index contributed by atoms with van der Waals surface area (Å²) in [5.74, 6) is 0.881. The largest absolute Gasteiger partial charge is 0.477 e. The standard InChI is InChI=1S/C18H23FN2O3S/c1-11(2)6-7-20-17(22)14-9-25-10-21(14)18(23)15-8-12-4-3-5-13(19)16(12)24-15/h3-5,11,14-15H,6-10H2,1-2H3,(H,20,22). The number of hydrogen-bond donors (Lipinski definition) is 1. The highest BCUT2D eigenvalue weighted by molar-refractivity contribution is 7.99. The van der Waals surface area contributed by atoms with Gasteiger partial charge >= 0.3 is 0 Å². The van der Waals surface area contributed by atoms with Gasteiger partial charge in [-0.15, -0.1) is 11.8 Å². The summed E-state index contributed by atoms with van der Waals surface area (Å²) in [6.07, 6.45) is 0.492. The fourth-order valence-electron chi connectivity index (χ4n) is 3.03. The normalized spacial score (nSPS) is 22.0. The molecule has 0 bridgehead atoms. The zero-order valence-corrected chi connectivity index (χ0v) is 15.3. The summed E-state index contributed by atoms with van der Waals surface area (Å²) < 4.78 is 19.3. The molecule has 1 aromatic rings. The van der Waals surface area contributed by atoms with Gasteiger partial charge in [-0.1, -0.05) is 26.0 Å². The quantitative estimate of drug-likeness (QED) is 0.868. The molecule has 2 amide bonds. The van der Waals surface area contributed by atoms with E-state index in [2.05, 4.69) is 19.2 Å². The first-order valence-corrected chi connectivity index (χ1v) is 9.73. The third-order valence-corrected chi connectivity index (χ3v) is 5.49. The second-order valence-electron chi connectivity index (χ2n) is 6.84. The van der Waals surface area contributed by atoms with Gasteiger partial charge in [0, 0.05) is 24.3 Å². The number of ether oxygens (including phenoxy) is 1. The van der Waals surface area contributed by atoms with E-state index < -0.39 is 18.0 Å². The van der Waals surface area contributed by atoms with Crippen LogP contribution in [-0.4, -0.2) is 47.0 Å². The Morgan fingerprint density at radius 2 is 2.24 bits per heavy atom. The predicted octanol–water partition coefficient (Wildman–Crippen LogP) is 2.19. The Bertz CT molecular complexity index is 668. The van der Waals surface area contributed by atoms with Crippen LogP contribution in [0.4, 0.5) is 4.39 Å². The molecule has 1 fully saturated rings. The molecule has 0 spiro atoms. The maximum Gasteiger partial charge on any atom is 0.265 e. The predicted molar refractivity (Wildman–Crippen MR) is 94.9 cm³/mol. The van der Waals surface area contributed by atoms with Gasteiger partial charge in [-0.3, -0.25) is 9.59 Å². The van der Waals surface area contributed by atoms with Crippen LogP contribution >= 0.6 is 11.8 Å². The smallest absolute Gasteiger partial charge is 0.265 e. The lowest BCUT2D eigenvalue weighted by molar-refractivity contribution is -0.143. The van der Waals surface area contributed by atoms with Gasteiger partial charge in [0.15, 0.2) is 17.7 Å². The number of thioether (sulfide) groups is 1. The highest BCUT2D eigenvalue weighted by Crippen LogP contribution is 2.33. The van der Waals surface area contributed by atoms with Crippen molar-refractivity contribution in [1.82, 2.24) is 10.2 Å². The third kappa shape index (κ3) is 3.92. The van der Waals surface area contributed by atoms with Crippen molar-refractivity contribution in [3.8, 4) is 5.75 Å². The summed E-state index contributed by atoms with van der Waals surface area (Å²) in [6, 6.07) is 4.21. The molecular formula is C18H23FN2O3S. The number of nitrogens with zero attached hydrogens (tertiary/aromatic N) is 1. The molecule has 136 valence electrons. The van der Waals surface area contributed by atoms with Crippen LogP contribution in [0.15, 0.2) is 18.2 Å². The summed E-state index contributed by atoms with van der Waals surface area (Å²) >= 11 is 1.55. The fourth-order valence-corrected chi connectivity index (χ4v) is 4.20. The first kappa shape index (κ1) is 18.0. The molecule has 5 nitrogen and oxygen atoms in total. The molecule has 7 heteroatoms. The average Bonchev–Trinajstić information content (AvgIpc) is 3.21. The maximum atomic E-state index is 13.8. The number of benzene rings is 1. The van der Waals surface area contributed by atoms with E-state index in [9.17, 15) is 14.0 Å². The van der Waals surface area contributed by atoms with Gasteiger partial charge < -0.3 is 15.0 Å². The molecule has 1 aromatic carbocycles. The summed E-state index contributed by atoms with van der Waals surface area (Å²) in [5.41, 5.74) is 0.697. The Hall–Kier alpha value is -1.76. The zero-order chi connectivity index (χ0) is 18.0. The van der Waals surface area contributed by atoms with Crippen LogP contribution in [-0.2, 0) is 16.0 Å². The molecule has 2 aliphatic rings. The van der Waals surface area contributed by atoms with Crippen LogP contribution in [0.3, 0.4) is 0 Å². The van der Waals surface area contributed by atoms with Gasteiger partial charge in [0.2, 0.25) is 5.91 Å². The summed E-state index contributed by atoms with van der Waals surface area (Å²) in [4.78, 5) is 26.8. The van der Waals surface area contributed by atoms with E-state index in [0.29, 0.717) is 36.1 Å². The van der Waals surface area contributed by atoms with Crippen molar-refractivity contribution < 1.29 is 18.7 Å². The number of halogens is 1. The van der Waals surface area contributed by atoms with Crippen molar-refractivity contribution in [3.05, 3.63) is 29.6 Å². The molecule has 1 saturated heterocycles. The van der Waals surface area contributed by atoms with E-state index in [-0.39, 0.29) is 17.6 Å². The van der Waals surface area contributed by atoms with Gasteiger partial charge in [-0.05, 0) is 18.4 Å². The lowest BCUT2D eigenvalue weighted by Gasteiger charge is -2.25. The van der Waals surface area contributed by atoms with Crippen molar-refractivity contribution in [3.63, 3.8) is 0 Å². The molecule has 3 rings (SSSR count). The number of amides is 2. The number of carbonyl (C=O) groups excluding carboxylic acids is 2. The van der Waals surface area contributed by atoms with Crippen molar-refractivity contribution in [1.29, 1.82) is 0 Å². The number of carbonyl (C=O) groups is 2. The van der Waals surface area contributed by atoms with Crippen LogP contribution in [0.2, 0.25) is 0 Å². The number of hydrogen-bond acceptors (Lipinski definition) is 4. The molecular weight excluding hydrogens is 343 g/mol. The lowest BCUT2D eigenvalue weighted by atomic mass is 10.1. The SMILES string of the molecule is CC(C)CCNC(=O)C1CSCN1C(=O)C1Cc2cccc(F)c2O1. The van der Waals surface area contributed by atoms with Crippen molar-refractivity contribution in [2.75, 3.05) is 18.2 Å². The van der Waals surface area contributed by atoms with Gasteiger partial charge in [0.25, 0.3) is 5.91 Å². The van der Waals surface area contributed by atoms with E-state index in [1.807, 2.05) is 0 Å². The van der Waals surface area contributed by atoms with Crippen LogP contribution < -0.4 is 10.1 Å². The summed E-state index contributed by atoms with van der Waals surface area (Å²) in [5, 5.41) is 2.91. The Labute approximate surface area is 151 Å². The Balaban J connectivity index is 1.62. The number of rotatable bonds is 5. The van der Waals surface area contributed by atoms with E-state index in [0.717, 1.165) is 6.42 Å². The van der Waals surface area contributed by atoms with Crippen LogP contribution in [0, 0.1) is 11.7 Å². The van der Waals surface area contributed by atoms with E-state index in [4.69, 9.17) is 4.74 Å². The van der Waals surface area contributed by atoms with Crippen molar-refractivity contribution in [2.45, 2.75) is 38.8 Å². The number of fused-ring (bicyclic) bond motifs is 1. The average molecular weight is 366 g/mol. The molecule has 2 aliphatic heterocycles. The van der Waals surface area contributed by atoms with Crippen molar-refractivity contribution >= 4 is 23.6 Å². The molecule has 2 atom stereocenters. The first-order valence-electron chi connectivity index (χ1n) is 8.57. The van der Waals surface area contributed by atoms with Gasteiger partial charge in [-0.2, -0.15) is 0 Å². The fraction of sp³-hybridized carbons (Fsp3) is 0.556. The molecule has 0 aliphatic carbocycles.